The Labute approximate surface area is 199 Å². The zero-order valence-corrected chi connectivity index (χ0v) is 19.4. The molecular weight excluding hydrogens is 456 g/mol. The van der Waals surface area contributed by atoms with E-state index in [9.17, 15) is 4.79 Å². The number of aromatic nitrogens is 3. The van der Waals surface area contributed by atoms with E-state index in [4.69, 9.17) is 9.47 Å². The van der Waals surface area contributed by atoms with Gasteiger partial charge in [-0.15, -0.1) is 21.5 Å². The first kappa shape index (κ1) is 21.5. The van der Waals surface area contributed by atoms with Gasteiger partial charge in [-0.2, -0.15) is 0 Å². The number of carbonyl (C=O) groups excluding carboxylic acids is 1. The summed E-state index contributed by atoms with van der Waals surface area (Å²) in [6.45, 7) is 1.71. The van der Waals surface area contributed by atoms with E-state index in [0.29, 0.717) is 24.9 Å². The summed E-state index contributed by atoms with van der Waals surface area (Å²) in [6.07, 6.45) is 0.861. The minimum absolute atomic E-state index is 0.0765. The summed E-state index contributed by atoms with van der Waals surface area (Å²) >= 11 is 2.97. The van der Waals surface area contributed by atoms with Gasteiger partial charge < -0.3 is 14.8 Å². The number of hydrogen-bond acceptors (Lipinski definition) is 7. The van der Waals surface area contributed by atoms with Crippen LogP contribution in [0, 0.1) is 0 Å². The summed E-state index contributed by atoms with van der Waals surface area (Å²) in [5.41, 5.74) is 1.92. The zero-order valence-electron chi connectivity index (χ0n) is 17.8. The quantitative estimate of drug-likeness (QED) is 0.392. The molecule has 5 rings (SSSR count). The van der Waals surface area contributed by atoms with Gasteiger partial charge in [-0.25, -0.2) is 0 Å². The topological polar surface area (TPSA) is 78.3 Å². The predicted octanol–water partition coefficient (Wildman–Crippen LogP) is 4.57. The molecule has 9 heteroatoms. The van der Waals surface area contributed by atoms with Crippen LogP contribution >= 0.6 is 23.1 Å². The lowest BCUT2D eigenvalue weighted by atomic mass is 10.2. The van der Waals surface area contributed by atoms with Crippen molar-refractivity contribution in [2.45, 2.75) is 18.1 Å². The van der Waals surface area contributed by atoms with Crippen molar-refractivity contribution in [3.05, 3.63) is 71.6 Å². The van der Waals surface area contributed by atoms with Gasteiger partial charge in [0.1, 0.15) is 0 Å². The molecule has 1 aliphatic heterocycles. The number of amides is 1. The molecule has 168 valence electrons. The SMILES string of the molecule is O=C(CSc1nnc(-c2cccs2)n1-c1ccccc1)NCc1ccc2c(c1)OCCCO2. The van der Waals surface area contributed by atoms with Gasteiger partial charge in [0, 0.05) is 18.7 Å². The highest BCUT2D eigenvalue weighted by Crippen LogP contribution is 2.31. The van der Waals surface area contributed by atoms with Crippen molar-refractivity contribution in [3.8, 4) is 27.9 Å². The van der Waals surface area contributed by atoms with Crippen LogP contribution in [0.2, 0.25) is 0 Å². The lowest BCUT2D eigenvalue weighted by Crippen LogP contribution is -2.24. The summed E-state index contributed by atoms with van der Waals surface area (Å²) in [7, 11) is 0. The Bertz CT molecular complexity index is 1230. The summed E-state index contributed by atoms with van der Waals surface area (Å²) in [6, 6.07) is 19.7. The molecule has 2 aromatic carbocycles. The van der Waals surface area contributed by atoms with E-state index >= 15 is 0 Å². The van der Waals surface area contributed by atoms with Gasteiger partial charge in [-0.05, 0) is 41.3 Å². The van der Waals surface area contributed by atoms with Crippen LogP contribution in [0.5, 0.6) is 11.5 Å². The van der Waals surface area contributed by atoms with Gasteiger partial charge in [0.15, 0.2) is 22.5 Å². The fourth-order valence-corrected chi connectivity index (χ4v) is 4.92. The van der Waals surface area contributed by atoms with Gasteiger partial charge in [0.25, 0.3) is 0 Å². The highest BCUT2D eigenvalue weighted by atomic mass is 32.2. The Morgan fingerprint density at radius 2 is 1.88 bits per heavy atom. The van der Waals surface area contributed by atoms with Crippen molar-refractivity contribution >= 4 is 29.0 Å². The molecular formula is C24H22N4O3S2. The number of fused-ring (bicyclic) bond motifs is 1. The van der Waals surface area contributed by atoms with Crippen LogP contribution in [0.3, 0.4) is 0 Å². The summed E-state index contributed by atoms with van der Waals surface area (Å²) in [5, 5.41) is 14.4. The average molecular weight is 479 g/mol. The third-order valence-corrected chi connectivity index (χ3v) is 6.82. The van der Waals surface area contributed by atoms with Crippen LogP contribution in [0.1, 0.15) is 12.0 Å². The second kappa shape index (κ2) is 10.1. The molecule has 33 heavy (non-hydrogen) atoms. The molecule has 7 nitrogen and oxygen atoms in total. The van der Waals surface area contributed by atoms with E-state index in [1.807, 2.05) is 70.6 Å². The molecule has 0 saturated carbocycles. The number of rotatable bonds is 7. The van der Waals surface area contributed by atoms with Gasteiger partial charge >= 0.3 is 0 Å². The van der Waals surface area contributed by atoms with E-state index in [0.717, 1.165) is 39.9 Å². The molecule has 0 bridgehead atoms. The lowest BCUT2D eigenvalue weighted by molar-refractivity contribution is -0.118. The van der Waals surface area contributed by atoms with Crippen LogP contribution < -0.4 is 14.8 Å². The molecule has 2 aromatic heterocycles. The van der Waals surface area contributed by atoms with Gasteiger partial charge in [-0.1, -0.05) is 42.1 Å². The number of benzene rings is 2. The van der Waals surface area contributed by atoms with Gasteiger partial charge in [0.05, 0.1) is 23.8 Å². The predicted molar refractivity (Wildman–Crippen MR) is 129 cm³/mol. The Kier molecular flexibility index (Phi) is 6.59. The fourth-order valence-electron chi connectivity index (χ4n) is 3.44. The number of hydrogen-bond donors (Lipinski definition) is 1. The van der Waals surface area contributed by atoms with Crippen molar-refractivity contribution in [1.82, 2.24) is 20.1 Å². The monoisotopic (exact) mass is 478 g/mol. The third-order valence-electron chi connectivity index (χ3n) is 5.02. The van der Waals surface area contributed by atoms with E-state index < -0.39 is 0 Å². The Hall–Kier alpha value is -3.30. The molecule has 4 aromatic rings. The normalized spacial score (nSPS) is 12.8. The van der Waals surface area contributed by atoms with E-state index in [-0.39, 0.29) is 11.7 Å². The van der Waals surface area contributed by atoms with Gasteiger partial charge in [-0.3, -0.25) is 9.36 Å². The molecule has 3 heterocycles. The summed E-state index contributed by atoms with van der Waals surface area (Å²) in [4.78, 5) is 13.6. The van der Waals surface area contributed by atoms with Crippen molar-refractivity contribution in [3.63, 3.8) is 0 Å². The van der Waals surface area contributed by atoms with Crippen LogP contribution in [0.4, 0.5) is 0 Å². The van der Waals surface area contributed by atoms with Crippen molar-refractivity contribution in [2.24, 2.45) is 0 Å². The Balaban J connectivity index is 1.25. The number of ether oxygens (including phenoxy) is 2. The zero-order chi connectivity index (χ0) is 22.5. The van der Waals surface area contributed by atoms with Gasteiger partial charge in [0.2, 0.25) is 5.91 Å². The Morgan fingerprint density at radius 3 is 2.70 bits per heavy atom. The maximum Gasteiger partial charge on any atom is 0.230 e. The van der Waals surface area contributed by atoms with Crippen LogP contribution in [0.25, 0.3) is 16.4 Å². The molecule has 0 spiro atoms. The highest BCUT2D eigenvalue weighted by molar-refractivity contribution is 7.99. The first-order valence-corrected chi connectivity index (χ1v) is 12.5. The van der Waals surface area contributed by atoms with Crippen molar-refractivity contribution < 1.29 is 14.3 Å². The molecule has 0 atom stereocenters. The highest BCUT2D eigenvalue weighted by Gasteiger charge is 2.18. The molecule has 0 fully saturated rings. The lowest BCUT2D eigenvalue weighted by Gasteiger charge is -2.11. The number of nitrogens with zero attached hydrogens (tertiary/aromatic N) is 3. The first-order valence-electron chi connectivity index (χ1n) is 10.6. The first-order chi connectivity index (χ1) is 16.3. The van der Waals surface area contributed by atoms with Crippen molar-refractivity contribution in [2.75, 3.05) is 19.0 Å². The second-order valence-corrected chi connectivity index (χ2v) is 9.24. The van der Waals surface area contributed by atoms with Crippen LogP contribution in [0.15, 0.2) is 71.2 Å². The number of carbonyl (C=O) groups is 1. The number of para-hydroxylation sites is 1. The molecule has 1 amide bonds. The molecule has 1 aliphatic rings. The standard InChI is InChI=1S/C24H22N4O3S2/c29-22(25-15-17-9-10-19-20(14-17)31-12-5-11-30-19)16-33-24-27-26-23(21-8-4-13-32-21)28(24)18-6-2-1-3-7-18/h1-4,6-10,13-14H,5,11-12,15-16H2,(H,25,29). The largest absolute Gasteiger partial charge is 0.490 e. The summed E-state index contributed by atoms with van der Waals surface area (Å²) < 4.78 is 13.4. The van der Waals surface area contributed by atoms with E-state index in [2.05, 4.69) is 15.5 Å². The molecule has 0 saturated heterocycles. The molecule has 1 N–H and O–H groups in total. The van der Waals surface area contributed by atoms with Crippen LogP contribution in [-0.4, -0.2) is 39.6 Å². The smallest absolute Gasteiger partial charge is 0.230 e. The minimum Gasteiger partial charge on any atom is -0.490 e. The van der Waals surface area contributed by atoms with E-state index in [1.54, 1.807) is 11.3 Å². The maximum absolute atomic E-state index is 12.6. The average Bonchev–Trinajstić information content (AvgIpc) is 3.47. The molecule has 0 unspecified atom stereocenters. The number of nitrogens with one attached hydrogen (secondary N) is 1. The second-order valence-electron chi connectivity index (χ2n) is 7.35. The molecule has 0 aliphatic carbocycles. The summed E-state index contributed by atoms with van der Waals surface area (Å²) in [5.74, 6) is 2.41. The Morgan fingerprint density at radius 1 is 1.03 bits per heavy atom. The maximum atomic E-state index is 12.6. The van der Waals surface area contributed by atoms with Crippen molar-refractivity contribution in [1.29, 1.82) is 0 Å². The van der Waals surface area contributed by atoms with Crippen LogP contribution in [-0.2, 0) is 11.3 Å². The molecule has 0 radical (unpaired) electrons. The number of thiophene rings is 1. The third kappa shape index (κ3) is 5.04. The minimum atomic E-state index is -0.0765. The van der Waals surface area contributed by atoms with E-state index in [1.165, 1.54) is 11.8 Å². The number of thioether (sulfide) groups is 1. The fraction of sp³-hybridized carbons (Fsp3) is 0.208.